The number of benzene rings is 1. The topological polar surface area (TPSA) is 55.8 Å². The molecule has 0 atom stereocenters. The summed E-state index contributed by atoms with van der Waals surface area (Å²) in [6.45, 7) is 10.4. The first-order chi connectivity index (χ1) is 14.2. The van der Waals surface area contributed by atoms with Crippen LogP contribution in [0.5, 0.6) is 0 Å². The van der Waals surface area contributed by atoms with Crippen molar-refractivity contribution in [2.24, 2.45) is 0 Å². The van der Waals surface area contributed by atoms with Crippen LogP contribution < -0.4 is 9.80 Å². The first-order valence-corrected chi connectivity index (χ1v) is 11.3. The highest BCUT2D eigenvalue weighted by Crippen LogP contribution is 2.20. The highest BCUT2D eigenvalue weighted by molar-refractivity contribution is 14.1. The van der Waals surface area contributed by atoms with E-state index in [-0.39, 0.29) is 5.91 Å². The Morgan fingerprint density at radius 1 is 0.862 bits per heavy atom. The Balaban J connectivity index is 1.33. The molecule has 29 heavy (non-hydrogen) atoms. The second-order valence-corrected chi connectivity index (χ2v) is 8.59. The Bertz CT molecular complexity index is 829. The second-order valence-electron chi connectivity index (χ2n) is 7.43. The fourth-order valence-electron chi connectivity index (χ4n) is 3.89. The van der Waals surface area contributed by atoms with Crippen molar-refractivity contribution in [2.75, 3.05) is 68.7 Å². The van der Waals surface area contributed by atoms with E-state index in [9.17, 15) is 4.79 Å². The Kier molecular flexibility index (Phi) is 6.49. The molecule has 0 saturated carbocycles. The van der Waals surface area contributed by atoms with Crippen molar-refractivity contribution in [3.63, 3.8) is 0 Å². The molecule has 2 aliphatic rings. The van der Waals surface area contributed by atoms with Gasteiger partial charge in [0.1, 0.15) is 0 Å². The molecule has 2 aliphatic heterocycles. The molecule has 0 N–H and O–H groups in total. The second kappa shape index (κ2) is 9.25. The third-order valence-corrected chi connectivity index (χ3v) is 6.72. The Labute approximate surface area is 185 Å². The van der Waals surface area contributed by atoms with Gasteiger partial charge in [-0.1, -0.05) is 19.1 Å². The van der Waals surface area contributed by atoms with E-state index in [4.69, 9.17) is 0 Å². The Hall–Kier alpha value is -1.94. The van der Waals surface area contributed by atoms with Crippen molar-refractivity contribution >= 4 is 40.1 Å². The predicted molar refractivity (Wildman–Crippen MR) is 124 cm³/mol. The Morgan fingerprint density at radius 2 is 1.41 bits per heavy atom. The van der Waals surface area contributed by atoms with Gasteiger partial charge in [0.2, 0.25) is 0 Å². The van der Waals surface area contributed by atoms with Gasteiger partial charge in [-0.15, -0.1) is 10.2 Å². The lowest BCUT2D eigenvalue weighted by Gasteiger charge is -2.36. The lowest BCUT2D eigenvalue weighted by Crippen LogP contribution is -2.49. The van der Waals surface area contributed by atoms with E-state index in [1.54, 1.807) is 0 Å². The number of carbonyl (C=O) groups is 1. The van der Waals surface area contributed by atoms with Gasteiger partial charge in [0.25, 0.3) is 5.91 Å². The standard InChI is InChI=1S/C21H27IN6O/c1-2-25-9-11-26(12-10-25)19-7-8-20(24-23-19)27-13-15-28(16-14-27)21(29)17-5-3-4-6-18(17)22/h3-8H,2,9-16H2,1H3. The van der Waals surface area contributed by atoms with E-state index in [1.165, 1.54) is 0 Å². The molecule has 1 aromatic heterocycles. The molecular weight excluding hydrogens is 479 g/mol. The van der Waals surface area contributed by atoms with E-state index in [0.717, 1.165) is 66.6 Å². The van der Waals surface area contributed by atoms with Crippen LogP contribution in [0.4, 0.5) is 11.6 Å². The van der Waals surface area contributed by atoms with Crippen LogP contribution in [-0.2, 0) is 0 Å². The number of anilines is 2. The zero-order valence-corrected chi connectivity index (χ0v) is 19.0. The van der Waals surface area contributed by atoms with Crippen molar-refractivity contribution < 1.29 is 4.79 Å². The number of aromatic nitrogens is 2. The number of rotatable bonds is 4. The molecule has 2 aromatic rings. The third kappa shape index (κ3) is 4.63. The minimum Gasteiger partial charge on any atom is -0.353 e. The van der Waals surface area contributed by atoms with Crippen LogP contribution in [0.1, 0.15) is 17.3 Å². The molecule has 0 radical (unpaired) electrons. The molecule has 7 nitrogen and oxygen atoms in total. The lowest BCUT2D eigenvalue weighted by molar-refractivity contribution is 0.0745. The van der Waals surface area contributed by atoms with Gasteiger partial charge in [-0.2, -0.15) is 0 Å². The summed E-state index contributed by atoms with van der Waals surface area (Å²) in [5, 5.41) is 8.95. The monoisotopic (exact) mass is 506 g/mol. The van der Waals surface area contributed by atoms with Gasteiger partial charge in [-0.05, 0) is 53.4 Å². The lowest BCUT2D eigenvalue weighted by atomic mass is 10.2. The minimum atomic E-state index is 0.113. The van der Waals surface area contributed by atoms with Gasteiger partial charge < -0.3 is 19.6 Å². The average Bonchev–Trinajstić information content (AvgIpc) is 2.79. The van der Waals surface area contributed by atoms with E-state index in [0.29, 0.717) is 13.1 Å². The summed E-state index contributed by atoms with van der Waals surface area (Å²) in [6, 6.07) is 11.9. The van der Waals surface area contributed by atoms with E-state index < -0.39 is 0 Å². The normalized spacial score (nSPS) is 18.2. The van der Waals surface area contributed by atoms with Gasteiger partial charge in [-0.25, -0.2) is 0 Å². The summed E-state index contributed by atoms with van der Waals surface area (Å²) in [6.07, 6.45) is 0. The molecule has 0 unspecified atom stereocenters. The molecule has 0 spiro atoms. The van der Waals surface area contributed by atoms with Crippen LogP contribution >= 0.6 is 22.6 Å². The highest BCUT2D eigenvalue weighted by atomic mass is 127. The molecule has 2 saturated heterocycles. The molecule has 8 heteroatoms. The van der Waals surface area contributed by atoms with Crippen molar-refractivity contribution in [2.45, 2.75) is 6.92 Å². The number of piperazine rings is 2. The van der Waals surface area contributed by atoms with Gasteiger partial charge in [0, 0.05) is 55.9 Å². The van der Waals surface area contributed by atoms with E-state index in [2.05, 4.69) is 66.5 Å². The van der Waals surface area contributed by atoms with Crippen LogP contribution in [0.25, 0.3) is 0 Å². The highest BCUT2D eigenvalue weighted by Gasteiger charge is 2.24. The summed E-state index contributed by atoms with van der Waals surface area (Å²) in [7, 11) is 0. The van der Waals surface area contributed by atoms with Crippen LogP contribution in [0.2, 0.25) is 0 Å². The number of nitrogens with zero attached hydrogens (tertiary/aromatic N) is 6. The van der Waals surface area contributed by atoms with E-state index in [1.807, 2.05) is 29.2 Å². The molecule has 0 aliphatic carbocycles. The Morgan fingerprint density at radius 3 is 1.93 bits per heavy atom. The molecule has 2 fully saturated rings. The van der Waals surface area contributed by atoms with Crippen LogP contribution in [0.15, 0.2) is 36.4 Å². The largest absolute Gasteiger partial charge is 0.353 e. The van der Waals surface area contributed by atoms with Crippen molar-refractivity contribution in [1.82, 2.24) is 20.0 Å². The molecule has 0 bridgehead atoms. The number of hydrogen-bond acceptors (Lipinski definition) is 6. The summed E-state index contributed by atoms with van der Waals surface area (Å²) < 4.78 is 0.999. The molecule has 3 heterocycles. The maximum Gasteiger partial charge on any atom is 0.255 e. The van der Waals surface area contributed by atoms with Crippen LogP contribution in [-0.4, -0.2) is 84.8 Å². The summed E-state index contributed by atoms with van der Waals surface area (Å²) >= 11 is 2.23. The van der Waals surface area contributed by atoms with Gasteiger partial charge in [0.15, 0.2) is 11.6 Å². The molecule has 4 rings (SSSR count). The third-order valence-electron chi connectivity index (χ3n) is 5.78. The summed E-state index contributed by atoms with van der Waals surface area (Å²) in [5.74, 6) is 1.96. The SMILES string of the molecule is CCN1CCN(c2ccc(N3CCN(C(=O)c4ccccc4I)CC3)nn2)CC1. The molecule has 154 valence electrons. The number of hydrogen-bond donors (Lipinski definition) is 0. The average molecular weight is 506 g/mol. The van der Waals surface area contributed by atoms with Gasteiger partial charge >= 0.3 is 0 Å². The first kappa shape index (κ1) is 20.3. The predicted octanol–water partition coefficient (Wildman–Crippen LogP) is 2.19. The van der Waals surface area contributed by atoms with Crippen LogP contribution in [0.3, 0.4) is 0 Å². The smallest absolute Gasteiger partial charge is 0.255 e. The minimum absolute atomic E-state index is 0.113. The van der Waals surface area contributed by atoms with Crippen LogP contribution in [0, 0.1) is 3.57 Å². The van der Waals surface area contributed by atoms with Crippen molar-refractivity contribution in [3.05, 3.63) is 45.5 Å². The maximum absolute atomic E-state index is 12.8. The van der Waals surface area contributed by atoms with E-state index >= 15 is 0 Å². The van der Waals surface area contributed by atoms with Crippen molar-refractivity contribution in [1.29, 1.82) is 0 Å². The maximum atomic E-state index is 12.8. The quantitative estimate of drug-likeness (QED) is 0.593. The van der Waals surface area contributed by atoms with Gasteiger partial charge in [-0.3, -0.25) is 4.79 Å². The number of carbonyl (C=O) groups excluding carboxylic acids is 1. The number of amides is 1. The number of likely N-dealkylation sites (N-methyl/N-ethyl adjacent to an activating group) is 1. The fraction of sp³-hybridized carbons (Fsp3) is 0.476. The zero-order chi connectivity index (χ0) is 20.2. The molecular formula is C21H27IN6O. The van der Waals surface area contributed by atoms with Crippen molar-refractivity contribution in [3.8, 4) is 0 Å². The van der Waals surface area contributed by atoms with Gasteiger partial charge in [0.05, 0.1) is 5.56 Å². The first-order valence-electron chi connectivity index (χ1n) is 10.3. The number of halogens is 1. The summed E-state index contributed by atoms with van der Waals surface area (Å²) in [4.78, 5) is 21.7. The fourth-order valence-corrected chi connectivity index (χ4v) is 4.51. The summed E-state index contributed by atoms with van der Waals surface area (Å²) in [5.41, 5.74) is 0.786. The molecule has 1 amide bonds. The zero-order valence-electron chi connectivity index (χ0n) is 16.8. The molecule has 1 aromatic carbocycles.